The van der Waals surface area contributed by atoms with Crippen LogP contribution in [0.4, 0.5) is 8.78 Å². The monoisotopic (exact) mass is 328 g/mol. The van der Waals surface area contributed by atoms with Crippen molar-refractivity contribution in [3.05, 3.63) is 25.0 Å². The molecule has 0 atom stereocenters. The molecule has 6 nitrogen and oxygen atoms in total. The molecule has 0 bridgehead atoms. The third-order valence-electron chi connectivity index (χ3n) is 2.32. The van der Waals surface area contributed by atoms with Crippen molar-refractivity contribution in [1.29, 1.82) is 0 Å². The van der Waals surface area contributed by atoms with Crippen LogP contribution < -0.4 is 0 Å². The van der Waals surface area contributed by atoms with Crippen LogP contribution in [-0.4, -0.2) is 37.4 Å². The van der Waals surface area contributed by atoms with E-state index in [1.54, 1.807) is 0 Å². The third-order valence-corrected chi connectivity index (χ3v) is 3.19. The van der Waals surface area contributed by atoms with E-state index in [-0.39, 0.29) is 6.42 Å². The number of unbranched alkanes of at least 4 members (excludes halogenated alkanes) is 2. The Labute approximate surface area is 122 Å². The molecule has 0 amide bonds. The molecule has 1 N–H and O–H groups in total. The van der Waals surface area contributed by atoms with E-state index in [9.17, 15) is 22.0 Å². The van der Waals surface area contributed by atoms with Crippen molar-refractivity contribution < 1.29 is 36.0 Å². The summed E-state index contributed by atoms with van der Waals surface area (Å²) in [7, 11) is -5.58. The van der Waals surface area contributed by atoms with Crippen LogP contribution in [0.5, 0.6) is 0 Å². The molecule has 0 heterocycles. The lowest BCUT2D eigenvalue weighted by atomic mass is 10.2. The maximum atomic E-state index is 12.7. The summed E-state index contributed by atoms with van der Waals surface area (Å²) in [6.07, 6.45) is 2.91. The fourth-order valence-electron chi connectivity index (χ4n) is 1.12. The lowest BCUT2D eigenvalue weighted by molar-refractivity contribution is -0.149. The molecule has 0 fully saturated rings. The van der Waals surface area contributed by atoms with Gasteiger partial charge in [-0.2, -0.15) is 17.2 Å². The summed E-state index contributed by atoms with van der Waals surface area (Å²) in [6, 6.07) is 0. The van der Waals surface area contributed by atoms with E-state index in [4.69, 9.17) is 9.29 Å². The van der Waals surface area contributed by atoms with Crippen molar-refractivity contribution in [1.82, 2.24) is 0 Å². The first-order valence-corrected chi connectivity index (χ1v) is 7.49. The highest BCUT2D eigenvalue weighted by molar-refractivity contribution is 7.86. The van der Waals surface area contributed by atoms with Gasteiger partial charge in [0.15, 0.2) is 6.61 Å². The van der Waals surface area contributed by atoms with Crippen molar-refractivity contribution in [3.63, 3.8) is 0 Å². The molecule has 0 aliphatic carbocycles. The second-order valence-corrected chi connectivity index (χ2v) is 5.65. The molecule has 9 heteroatoms. The molecule has 122 valence electrons. The second kappa shape index (κ2) is 8.73. The van der Waals surface area contributed by atoms with Crippen LogP contribution in [0.1, 0.15) is 25.7 Å². The van der Waals surface area contributed by atoms with E-state index in [2.05, 4.69) is 17.9 Å². The van der Waals surface area contributed by atoms with Gasteiger partial charge in [0.05, 0.1) is 6.61 Å². The first-order valence-electron chi connectivity index (χ1n) is 6.05. The number of carbonyl (C=O) groups excluding carboxylic acids is 1. The van der Waals surface area contributed by atoms with Crippen molar-refractivity contribution in [2.24, 2.45) is 0 Å². The van der Waals surface area contributed by atoms with E-state index >= 15 is 0 Å². The summed E-state index contributed by atoms with van der Waals surface area (Å²) in [5.74, 6) is -0.531. The maximum absolute atomic E-state index is 12.7. The third kappa shape index (κ3) is 8.41. The van der Waals surface area contributed by atoms with Gasteiger partial charge in [0.1, 0.15) is 5.76 Å². The molecule has 0 aliphatic heterocycles. The van der Waals surface area contributed by atoms with Crippen molar-refractivity contribution in [2.45, 2.75) is 30.9 Å². The Morgan fingerprint density at radius 3 is 2.38 bits per heavy atom. The van der Waals surface area contributed by atoms with Crippen LogP contribution in [0, 0.1) is 0 Å². The Balaban J connectivity index is 3.78. The lowest BCUT2D eigenvalue weighted by Crippen LogP contribution is -2.34. The minimum atomic E-state index is -5.58. The Hall–Kier alpha value is -1.48. The van der Waals surface area contributed by atoms with E-state index in [1.165, 1.54) is 6.08 Å². The minimum Gasteiger partial charge on any atom is -0.494 e. The predicted molar refractivity (Wildman–Crippen MR) is 71.2 cm³/mol. The highest BCUT2D eigenvalue weighted by atomic mass is 32.2. The number of hydrogen-bond donors (Lipinski definition) is 1. The fourth-order valence-corrected chi connectivity index (χ4v) is 1.33. The molecule has 0 aromatic carbocycles. The van der Waals surface area contributed by atoms with Crippen LogP contribution in [-0.2, 0) is 24.4 Å². The van der Waals surface area contributed by atoms with Crippen LogP contribution >= 0.6 is 0 Å². The first-order chi connectivity index (χ1) is 9.60. The van der Waals surface area contributed by atoms with Crippen molar-refractivity contribution >= 4 is 16.1 Å². The normalized spacial score (nSPS) is 11.8. The quantitative estimate of drug-likeness (QED) is 0.206. The Kier molecular flexibility index (Phi) is 8.11. The van der Waals surface area contributed by atoms with Gasteiger partial charge in [-0.05, 0) is 25.3 Å². The molecule has 0 aliphatic rings. The van der Waals surface area contributed by atoms with Gasteiger partial charge in [0.2, 0.25) is 0 Å². The number of esters is 1. The lowest BCUT2D eigenvalue weighted by Gasteiger charge is -2.12. The average molecular weight is 328 g/mol. The first kappa shape index (κ1) is 19.5. The molecule has 0 aromatic rings. The Morgan fingerprint density at radius 1 is 1.24 bits per heavy atom. The zero-order valence-electron chi connectivity index (χ0n) is 11.4. The molecule has 0 saturated heterocycles. The van der Waals surface area contributed by atoms with E-state index < -0.39 is 27.9 Å². The van der Waals surface area contributed by atoms with Crippen LogP contribution in [0.25, 0.3) is 0 Å². The summed E-state index contributed by atoms with van der Waals surface area (Å²) in [4.78, 5) is 11.1. The van der Waals surface area contributed by atoms with Crippen LogP contribution in [0.15, 0.2) is 25.0 Å². The zero-order chi connectivity index (χ0) is 16.5. The standard InChI is InChI=1S/C12H18F2O6S/c1-3-10(2)19-8-6-4-5-7-11(15)20-9-12(13,14)21(16,17)18/h3H,1-2,4-9H2,(H,16,17,18). The smallest absolute Gasteiger partial charge is 0.402 e. The van der Waals surface area contributed by atoms with E-state index in [1.807, 2.05) is 0 Å². The van der Waals surface area contributed by atoms with Gasteiger partial charge < -0.3 is 9.47 Å². The molecule has 0 aromatic heterocycles. The number of carbonyl (C=O) groups is 1. The van der Waals surface area contributed by atoms with Gasteiger partial charge in [-0.15, -0.1) is 0 Å². The van der Waals surface area contributed by atoms with Crippen LogP contribution in [0.2, 0.25) is 0 Å². The van der Waals surface area contributed by atoms with Gasteiger partial charge in [0, 0.05) is 6.42 Å². The number of hydrogen-bond acceptors (Lipinski definition) is 5. The van der Waals surface area contributed by atoms with Gasteiger partial charge in [0.25, 0.3) is 0 Å². The molecule has 0 saturated carbocycles. The van der Waals surface area contributed by atoms with Crippen LogP contribution in [0.3, 0.4) is 0 Å². The summed E-state index contributed by atoms with van der Waals surface area (Å²) in [5.41, 5.74) is 0. The molecule has 0 unspecified atom stereocenters. The summed E-state index contributed by atoms with van der Waals surface area (Å²) >= 11 is 0. The molecular weight excluding hydrogens is 310 g/mol. The average Bonchev–Trinajstić information content (AvgIpc) is 2.38. The summed E-state index contributed by atoms with van der Waals surface area (Å²) in [5, 5.41) is -4.50. The number of ether oxygens (including phenoxy) is 2. The number of halogens is 2. The molecular formula is C12H18F2O6S. The summed E-state index contributed by atoms with van der Waals surface area (Å²) < 4.78 is 63.4. The van der Waals surface area contributed by atoms with Crippen molar-refractivity contribution in [2.75, 3.05) is 13.2 Å². The molecule has 0 spiro atoms. The SMILES string of the molecule is C=CC(=C)OCCCCCC(=O)OCC(F)(F)S(=O)(=O)O. The minimum absolute atomic E-state index is 0.135. The molecule has 21 heavy (non-hydrogen) atoms. The molecule has 0 rings (SSSR count). The largest absolute Gasteiger partial charge is 0.494 e. The Morgan fingerprint density at radius 2 is 1.86 bits per heavy atom. The van der Waals surface area contributed by atoms with Gasteiger partial charge in [-0.1, -0.05) is 13.2 Å². The van der Waals surface area contributed by atoms with Crippen molar-refractivity contribution in [3.8, 4) is 0 Å². The number of alkyl halides is 2. The number of allylic oxidation sites excluding steroid dienone is 1. The topological polar surface area (TPSA) is 89.9 Å². The Bertz CT molecular complexity index is 472. The highest BCUT2D eigenvalue weighted by Crippen LogP contribution is 2.20. The predicted octanol–water partition coefficient (Wildman–Crippen LogP) is 2.29. The fraction of sp³-hybridized carbons (Fsp3) is 0.583. The van der Waals surface area contributed by atoms with Gasteiger partial charge >= 0.3 is 21.3 Å². The van der Waals surface area contributed by atoms with Gasteiger partial charge in [-0.25, -0.2) is 0 Å². The van der Waals surface area contributed by atoms with E-state index in [0.29, 0.717) is 31.6 Å². The highest BCUT2D eigenvalue weighted by Gasteiger charge is 2.45. The maximum Gasteiger partial charge on any atom is 0.402 e. The number of rotatable bonds is 11. The summed E-state index contributed by atoms with van der Waals surface area (Å²) in [6.45, 7) is 5.67. The second-order valence-electron chi connectivity index (χ2n) is 4.10. The zero-order valence-corrected chi connectivity index (χ0v) is 12.2. The van der Waals surface area contributed by atoms with E-state index in [0.717, 1.165) is 0 Å². The van der Waals surface area contributed by atoms with Gasteiger partial charge in [-0.3, -0.25) is 9.35 Å². The molecule has 0 radical (unpaired) electrons.